The molecule has 83 heavy (non-hydrogen) atoms. The predicted octanol–water partition coefficient (Wildman–Crippen LogP) is 4.89. The summed E-state index contributed by atoms with van der Waals surface area (Å²) in [6.07, 6.45) is -5.92. The number of halogens is 5. The van der Waals surface area contributed by atoms with Crippen molar-refractivity contribution in [2.24, 2.45) is 0 Å². The molecule has 6 aromatic rings. The quantitative estimate of drug-likeness (QED) is 0.00474. The molecule has 0 radical (unpaired) electrons. The number of aromatic amines is 2. The van der Waals surface area contributed by atoms with Crippen LogP contribution < -0.4 is 24.8 Å². The molecule has 28 heteroatoms. The number of aliphatic carboxylic acids is 1. The Morgan fingerprint density at radius 2 is 1.42 bits per heavy atom. The van der Waals surface area contributed by atoms with E-state index in [9.17, 15) is 61.6 Å². The number of nitrogens with one attached hydrogen (secondary N) is 4. The van der Waals surface area contributed by atoms with E-state index in [2.05, 4.69) is 40.7 Å². The summed E-state index contributed by atoms with van der Waals surface area (Å²) in [5.74, 6) is -15.8. The topological polar surface area (TPSA) is 308 Å². The lowest BCUT2D eigenvalue weighted by atomic mass is 9.99. The minimum absolute atomic E-state index is 0. The van der Waals surface area contributed by atoms with E-state index >= 15 is 0 Å². The first-order valence-electron chi connectivity index (χ1n) is 26.2. The second-order valence-electron chi connectivity index (χ2n) is 19.3. The van der Waals surface area contributed by atoms with Crippen LogP contribution in [0.15, 0.2) is 67.0 Å². The molecule has 0 aliphatic carbocycles. The van der Waals surface area contributed by atoms with Gasteiger partial charge in [-0.05, 0) is 67.8 Å². The highest BCUT2D eigenvalue weighted by Crippen LogP contribution is 2.35. The number of aromatic nitrogens is 5. The normalized spacial score (nSPS) is 18.5. The summed E-state index contributed by atoms with van der Waals surface area (Å²) in [5.41, 5.74) is 4.22. The van der Waals surface area contributed by atoms with E-state index in [1.54, 1.807) is 12.1 Å². The van der Waals surface area contributed by atoms with Gasteiger partial charge in [0.2, 0.25) is 52.9 Å². The molecule has 0 spiro atoms. The van der Waals surface area contributed by atoms with Crippen LogP contribution in [-0.4, -0.2) is 177 Å². The fraction of sp³-hybridized carbons (Fsp3) is 0.418. The highest BCUT2D eigenvalue weighted by molar-refractivity contribution is 5.95. The van der Waals surface area contributed by atoms with E-state index in [1.807, 2.05) is 42.5 Å². The van der Waals surface area contributed by atoms with Gasteiger partial charge in [-0.15, -0.1) is 0 Å². The predicted molar refractivity (Wildman–Crippen MR) is 282 cm³/mol. The number of likely N-dealkylation sites (tertiary alicyclic amines) is 1. The molecule has 2 fully saturated rings. The molecular formula is C55H63F5N8O15. The number of carboxylic acid groups (broad SMARTS) is 1. The molecule has 2 aliphatic rings. The molecule has 2 aliphatic heterocycles. The van der Waals surface area contributed by atoms with Crippen LogP contribution in [0.3, 0.4) is 0 Å². The Hall–Kier alpha value is -7.70. The van der Waals surface area contributed by atoms with Crippen molar-refractivity contribution in [2.75, 3.05) is 77.7 Å². The molecule has 8 rings (SSSR count). The number of carbonyl (C=O) groups excluding carboxylic acids is 3. The standard InChI is InChI=1S/C54H59F5N8O15.CH3/c55-41-42(56)44(58)50(45(59)43(41)57)81-40(70)13-19-77-22-24-78-23-21-76-18-12-38(68)60-14-11-39(69)63-36-25-30(7-10-37(36)80-54-49(73)47(71)48(72)51(82-54)53(74)75)28-67(15-2-1-3-16-67)17-20-79-33-6-4-5-31(26-33)46-34-27-32(52-61-29-62-66-52)8-9-35(34)64-65-46;/h4-10,25-27,29,47-49,51,54,71-73H,1-3,11-24,28H2,(H4-,60,61,62,63,64,65,66,68,69,74,75);1H3/q;-1/p+1/t47-,48-,49+,51-,54+;/m0./s1. The van der Waals surface area contributed by atoms with Crippen molar-refractivity contribution in [2.45, 2.75) is 75.8 Å². The molecule has 0 saturated carbocycles. The smallest absolute Gasteiger partial charge is 0.335 e. The monoisotopic (exact) mass is 1170 g/mol. The van der Waals surface area contributed by atoms with Gasteiger partial charge < -0.3 is 76.1 Å². The van der Waals surface area contributed by atoms with Gasteiger partial charge in [-0.3, -0.25) is 24.6 Å². The van der Waals surface area contributed by atoms with Crippen molar-refractivity contribution in [3.8, 4) is 39.9 Å². The van der Waals surface area contributed by atoms with Gasteiger partial charge in [0.15, 0.2) is 11.9 Å². The van der Waals surface area contributed by atoms with Crippen LogP contribution in [0.5, 0.6) is 17.2 Å². The third-order valence-corrected chi connectivity index (χ3v) is 13.6. The van der Waals surface area contributed by atoms with Gasteiger partial charge in [-0.25, -0.2) is 22.9 Å². The number of fused-ring (bicyclic) bond motifs is 1. The van der Waals surface area contributed by atoms with E-state index < -0.39 is 95.7 Å². The van der Waals surface area contributed by atoms with E-state index in [1.165, 1.54) is 12.4 Å². The zero-order chi connectivity index (χ0) is 58.3. The number of hydrogen-bond acceptors (Lipinski definition) is 17. The molecule has 2 aromatic heterocycles. The number of carboxylic acids is 1. The highest BCUT2D eigenvalue weighted by Gasteiger charge is 2.48. The maximum atomic E-state index is 13.7. The number of hydrogen-bond donors (Lipinski definition) is 8. The number of nitrogens with zero attached hydrogens (tertiary/aromatic N) is 4. The number of aliphatic hydroxyl groups is 3. The number of esters is 1. The Kier molecular flexibility index (Phi) is 22.4. The number of benzene rings is 4. The molecule has 2 saturated heterocycles. The van der Waals surface area contributed by atoms with Crippen LogP contribution in [0.25, 0.3) is 33.5 Å². The summed E-state index contributed by atoms with van der Waals surface area (Å²) in [7, 11) is 0. The van der Waals surface area contributed by atoms with Crippen LogP contribution in [0, 0.1) is 36.5 Å². The number of anilines is 1. The Labute approximate surface area is 471 Å². The largest absolute Gasteiger partial charge is 0.488 e. The second-order valence-corrected chi connectivity index (χ2v) is 19.3. The minimum Gasteiger partial charge on any atom is -0.488 e. The Bertz CT molecular complexity index is 3140. The minimum atomic E-state index is -2.39. The lowest BCUT2D eigenvalue weighted by molar-refractivity contribution is -0.945. The maximum Gasteiger partial charge on any atom is 0.335 e. The van der Waals surface area contributed by atoms with Crippen molar-refractivity contribution in [1.29, 1.82) is 0 Å². The number of rotatable bonds is 28. The number of amides is 2. The van der Waals surface area contributed by atoms with Crippen molar-refractivity contribution >= 4 is 40.3 Å². The van der Waals surface area contributed by atoms with Crippen LogP contribution in [0.2, 0.25) is 0 Å². The van der Waals surface area contributed by atoms with Crippen LogP contribution in [-0.2, 0) is 44.7 Å². The van der Waals surface area contributed by atoms with Crippen molar-refractivity contribution in [1.82, 2.24) is 30.7 Å². The highest BCUT2D eigenvalue weighted by atomic mass is 19.2. The van der Waals surface area contributed by atoms with Gasteiger partial charge in [0.05, 0.1) is 70.4 Å². The van der Waals surface area contributed by atoms with Crippen molar-refractivity contribution < 1.29 is 99.2 Å². The molecule has 23 nitrogen and oxygen atoms in total. The summed E-state index contributed by atoms with van der Waals surface area (Å²) < 4.78 is 106. The average molecular weight is 1170 g/mol. The SMILES string of the molecule is O=C(CCOCCOCCOCCC(=O)Oc1c(F)c(F)c(F)c(F)c1F)NCCC(=O)Nc1cc(C[N+]2(CCOc3cccc(-c4n[nH]c5ccc(-c6ncn[nH]6)cc45)c3)CCCCC2)ccc1O[C@@H]1O[C@H](C(=O)O)[C@@H](O)[C@H](O)[C@H]1O.[CH3-]. The molecule has 4 aromatic carbocycles. The molecule has 2 amide bonds. The van der Waals surface area contributed by atoms with Crippen molar-refractivity contribution in [3.05, 3.63) is 109 Å². The summed E-state index contributed by atoms with van der Waals surface area (Å²) in [5, 5.41) is 62.1. The Balaban J connectivity index is 0.00000990. The van der Waals surface area contributed by atoms with E-state index in [0.29, 0.717) is 35.8 Å². The van der Waals surface area contributed by atoms with Crippen molar-refractivity contribution in [3.63, 3.8) is 0 Å². The first-order chi connectivity index (χ1) is 39.5. The zero-order valence-electron chi connectivity index (χ0n) is 44.9. The Morgan fingerprint density at radius 1 is 0.723 bits per heavy atom. The molecule has 0 unspecified atom stereocenters. The lowest BCUT2D eigenvalue weighted by Gasteiger charge is -2.41. The third kappa shape index (κ3) is 16.3. The van der Waals surface area contributed by atoms with Crippen LogP contribution >= 0.6 is 0 Å². The summed E-state index contributed by atoms with van der Waals surface area (Å²) in [6, 6.07) is 18.5. The third-order valence-electron chi connectivity index (χ3n) is 13.6. The van der Waals surface area contributed by atoms with E-state index in [0.717, 1.165) is 65.6 Å². The first kappa shape index (κ1) is 62.9. The maximum absolute atomic E-state index is 13.7. The van der Waals surface area contributed by atoms with E-state index in [4.69, 9.17) is 28.4 Å². The zero-order valence-corrected chi connectivity index (χ0v) is 44.9. The lowest BCUT2D eigenvalue weighted by Crippen LogP contribution is -2.61. The Morgan fingerprint density at radius 3 is 2.12 bits per heavy atom. The number of aliphatic hydroxyl groups excluding tert-OH is 3. The molecule has 0 bridgehead atoms. The first-order valence-corrected chi connectivity index (χ1v) is 26.2. The van der Waals surface area contributed by atoms with E-state index in [-0.39, 0.29) is 77.9 Å². The molecule has 5 atom stereocenters. The van der Waals surface area contributed by atoms with Gasteiger partial charge in [0, 0.05) is 41.5 Å². The second kappa shape index (κ2) is 29.5. The molecular weight excluding hydrogens is 1110 g/mol. The van der Waals surface area contributed by atoms with Gasteiger partial charge >= 0.3 is 11.9 Å². The number of H-pyrrole nitrogens is 2. The number of carbonyl (C=O) groups is 4. The van der Waals surface area contributed by atoms with Gasteiger partial charge in [-0.2, -0.15) is 19.0 Å². The van der Waals surface area contributed by atoms with Gasteiger partial charge in [-0.1, -0.05) is 12.1 Å². The summed E-state index contributed by atoms with van der Waals surface area (Å²) in [6.45, 7) is 2.93. The van der Waals surface area contributed by atoms with Gasteiger partial charge in [0.1, 0.15) is 61.5 Å². The average Bonchev–Trinajstić information content (AvgIpc) is 4.20. The molecule has 448 valence electrons. The number of quaternary nitrogens is 1. The number of piperidine rings is 1. The summed E-state index contributed by atoms with van der Waals surface area (Å²) >= 11 is 0. The summed E-state index contributed by atoms with van der Waals surface area (Å²) in [4.78, 5) is 54.1. The van der Waals surface area contributed by atoms with Crippen LogP contribution in [0.4, 0.5) is 27.6 Å². The fourth-order valence-corrected chi connectivity index (χ4v) is 9.32. The molecule has 8 N–H and O–H groups in total. The molecule has 4 heterocycles. The fourth-order valence-electron chi connectivity index (χ4n) is 9.32. The van der Waals surface area contributed by atoms with Crippen LogP contribution in [0.1, 0.15) is 44.1 Å². The van der Waals surface area contributed by atoms with Gasteiger partial charge in [0.25, 0.3) is 0 Å². The number of ether oxygens (including phenoxy) is 7.